The van der Waals surface area contributed by atoms with Crippen LogP contribution >= 0.6 is 0 Å². The monoisotopic (exact) mass is 376 g/mol. The summed E-state index contributed by atoms with van der Waals surface area (Å²) in [5, 5.41) is 12.6. The van der Waals surface area contributed by atoms with E-state index < -0.39 is 5.97 Å². The molecule has 0 saturated carbocycles. The van der Waals surface area contributed by atoms with Gasteiger partial charge in [-0.2, -0.15) is 0 Å². The highest BCUT2D eigenvalue weighted by molar-refractivity contribution is 5.96. The normalized spacial score (nSPS) is 10.8. The number of nitrogens with one attached hydrogen (secondary N) is 1. The number of aromatic nitrogens is 1. The van der Waals surface area contributed by atoms with Gasteiger partial charge in [-0.3, -0.25) is 4.98 Å². The van der Waals surface area contributed by atoms with E-state index in [-0.39, 0.29) is 11.7 Å². The van der Waals surface area contributed by atoms with Crippen LogP contribution in [-0.4, -0.2) is 22.2 Å². The summed E-state index contributed by atoms with van der Waals surface area (Å²) in [6, 6.07) is 15.0. The van der Waals surface area contributed by atoms with Gasteiger partial charge in [0.2, 0.25) is 0 Å². The lowest BCUT2D eigenvalue weighted by Crippen LogP contribution is -2.05. The quantitative estimate of drug-likeness (QED) is 0.586. The van der Waals surface area contributed by atoms with Crippen LogP contribution < -0.4 is 10.1 Å². The molecule has 0 radical (unpaired) electrons. The van der Waals surface area contributed by atoms with Gasteiger partial charge in [-0.1, -0.05) is 24.3 Å². The van der Waals surface area contributed by atoms with Crippen molar-refractivity contribution in [1.29, 1.82) is 0 Å². The predicted octanol–water partition coefficient (Wildman–Crippen LogP) is 5.59. The molecule has 0 unspecified atom stereocenters. The molecule has 144 valence electrons. The van der Waals surface area contributed by atoms with Crippen LogP contribution in [0.25, 0.3) is 11.3 Å². The summed E-state index contributed by atoms with van der Waals surface area (Å²) in [4.78, 5) is 16.1. The fraction of sp³-hybridized carbons (Fsp3) is 0.217. The van der Waals surface area contributed by atoms with Crippen molar-refractivity contribution in [2.45, 2.75) is 33.8 Å². The molecule has 3 rings (SSSR count). The lowest BCUT2D eigenvalue weighted by molar-refractivity contribution is 0.0698. The number of benzene rings is 2. The minimum absolute atomic E-state index is 0.105. The van der Waals surface area contributed by atoms with E-state index in [1.165, 1.54) is 0 Å². The number of aromatic carboxylic acids is 1. The Morgan fingerprint density at radius 1 is 1.07 bits per heavy atom. The minimum atomic E-state index is -0.963. The maximum absolute atomic E-state index is 11.5. The number of carbonyl (C=O) groups is 1. The fourth-order valence-corrected chi connectivity index (χ4v) is 3.09. The number of carboxylic acids is 1. The molecular formula is C23H24N2O3. The molecule has 0 spiro atoms. The molecular weight excluding hydrogens is 352 g/mol. The van der Waals surface area contributed by atoms with Crippen molar-refractivity contribution < 1.29 is 14.6 Å². The van der Waals surface area contributed by atoms with E-state index in [2.05, 4.69) is 10.3 Å². The minimum Gasteiger partial charge on any atom is -0.491 e. The first-order chi connectivity index (χ1) is 13.3. The van der Waals surface area contributed by atoms with Crippen LogP contribution in [0, 0.1) is 13.8 Å². The van der Waals surface area contributed by atoms with E-state index in [0.717, 1.165) is 33.8 Å². The molecule has 5 heteroatoms. The van der Waals surface area contributed by atoms with Crippen molar-refractivity contribution in [3.63, 3.8) is 0 Å². The van der Waals surface area contributed by atoms with E-state index in [4.69, 9.17) is 4.74 Å². The van der Waals surface area contributed by atoms with Gasteiger partial charge in [-0.25, -0.2) is 4.79 Å². The topological polar surface area (TPSA) is 71.5 Å². The van der Waals surface area contributed by atoms with Gasteiger partial charge in [0.15, 0.2) is 0 Å². The van der Waals surface area contributed by atoms with E-state index in [0.29, 0.717) is 5.69 Å². The van der Waals surface area contributed by atoms with E-state index >= 15 is 0 Å². The van der Waals surface area contributed by atoms with Crippen molar-refractivity contribution in [3.05, 3.63) is 71.4 Å². The van der Waals surface area contributed by atoms with Crippen molar-refractivity contribution in [3.8, 4) is 17.0 Å². The van der Waals surface area contributed by atoms with Crippen molar-refractivity contribution in [1.82, 2.24) is 4.98 Å². The summed E-state index contributed by atoms with van der Waals surface area (Å²) in [5.74, 6) is -0.156. The van der Waals surface area contributed by atoms with Crippen LogP contribution in [0.3, 0.4) is 0 Å². The maximum atomic E-state index is 11.5. The second-order valence-corrected chi connectivity index (χ2v) is 7.01. The predicted molar refractivity (Wildman–Crippen MR) is 112 cm³/mol. The van der Waals surface area contributed by atoms with Crippen molar-refractivity contribution >= 4 is 17.3 Å². The number of rotatable bonds is 6. The summed E-state index contributed by atoms with van der Waals surface area (Å²) in [7, 11) is 0. The molecule has 1 aromatic heterocycles. The Balaban J connectivity index is 1.91. The smallest absolute Gasteiger partial charge is 0.337 e. The first kappa shape index (κ1) is 19.4. The average molecular weight is 376 g/mol. The van der Waals surface area contributed by atoms with Crippen LogP contribution in [0.5, 0.6) is 5.75 Å². The molecule has 3 aromatic rings. The first-order valence-electron chi connectivity index (χ1n) is 9.19. The zero-order chi connectivity index (χ0) is 20.3. The molecule has 0 saturated heterocycles. The van der Waals surface area contributed by atoms with E-state index in [1.54, 1.807) is 18.3 Å². The summed E-state index contributed by atoms with van der Waals surface area (Å²) in [6.45, 7) is 7.85. The Labute approximate surface area is 165 Å². The molecule has 5 nitrogen and oxygen atoms in total. The standard InChI is InChI=1S/C23H24N2O3/c1-14(2)28-19-9-6-8-17(12-19)21-16(4)11-18(13-24-21)25-22-15(3)7-5-10-20(22)23(26)27/h5-14,25H,1-4H3,(H,26,27). The van der Waals surface area contributed by atoms with Gasteiger partial charge in [0.1, 0.15) is 5.75 Å². The fourth-order valence-electron chi connectivity index (χ4n) is 3.09. The number of para-hydroxylation sites is 1. The second kappa shape index (κ2) is 8.13. The van der Waals surface area contributed by atoms with Gasteiger partial charge in [-0.05, 0) is 63.1 Å². The van der Waals surface area contributed by atoms with E-state index in [9.17, 15) is 9.90 Å². The Morgan fingerprint density at radius 2 is 1.82 bits per heavy atom. The number of ether oxygens (including phenoxy) is 1. The lowest BCUT2D eigenvalue weighted by Gasteiger charge is -2.15. The van der Waals surface area contributed by atoms with Crippen LogP contribution in [0.2, 0.25) is 0 Å². The van der Waals surface area contributed by atoms with Crippen LogP contribution in [-0.2, 0) is 0 Å². The summed E-state index contributed by atoms with van der Waals surface area (Å²) < 4.78 is 5.77. The van der Waals surface area contributed by atoms with Gasteiger partial charge >= 0.3 is 5.97 Å². The molecule has 0 aliphatic carbocycles. The Hall–Kier alpha value is -3.34. The molecule has 28 heavy (non-hydrogen) atoms. The second-order valence-electron chi connectivity index (χ2n) is 7.01. The van der Waals surface area contributed by atoms with Gasteiger partial charge in [0.25, 0.3) is 0 Å². The Bertz CT molecular complexity index is 1010. The summed E-state index contributed by atoms with van der Waals surface area (Å²) in [5.41, 5.74) is 5.24. The highest BCUT2D eigenvalue weighted by atomic mass is 16.5. The third kappa shape index (κ3) is 4.31. The highest BCUT2D eigenvalue weighted by Crippen LogP contribution is 2.29. The summed E-state index contributed by atoms with van der Waals surface area (Å²) >= 11 is 0. The molecule has 2 aromatic carbocycles. The third-order valence-corrected chi connectivity index (χ3v) is 4.33. The first-order valence-corrected chi connectivity index (χ1v) is 9.19. The van der Waals surface area contributed by atoms with Crippen molar-refractivity contribution in [2.75, 3.05) is 5.32 Å². The number of anilines is 2. The maximum Gasteiger partial charge on any atom is 0.337 e. The lowest BCUT2D eigenvalue weighted by atomic mass is 10.1. The average Bonchev–Trinajstić information content (AvgIpc) is 2.63. The summed E-state index contributed by atoms with van der Waals surface area (Å²) in [6.07, 6.45) is 1.82. The van der Waals surface area contributed by atoms with E-state index in [1.807, 2.05) is 64.1 Å². The number of pyridine rings is 1. The zero-order valence-electron chi connectivity index (χ0n) is 16.5. The molecule has 0 aliphatic heterocycles. The van der Waals surface area contributed by atoms with Crippen LogP contribution in [0.15, 0.2) is 54.7 Å². The Morgan fingerprint density at radius 3 is 2.50 bits per heavy atom. The molecule has 0 bridgehead atoms. The Kier molecular flexibility index (Phi) is 5.64. The van der Waals surface area contributed by atoms with Gasteiger partial charge in [0.05, 0.1) is 34.9 Å². The number of aryl methyl sites for hydroxylation is 2. The van der Waals surface area contributed by atoms with Gasteiger partial charge in [-0.15, -0.1) is 0 Å². The molecule has 0 amide bonds. The highest BCUT2D eigenvalue weighted by Gasteiger charge is 2.13. The van der Waals surface area contributed by atoms with Gasteiger partial charge in [0, 0.05) is 5.56 Å². The molecule has 1 heterocycles. The molecule has 0 aliphatic rings. The zero-order valence-corrected chi connectivity index (χ0v) is 16.5. The number of carboxylic acid groups (broad SMARTS) is 1. The van der Waals surface area contributed by atoms with Crippen molar-refractivity contribution in [2.24, 2.45) is 0 Å². The molecule has 0 fully saturated rings. The number of hydrogen-bond acceptors (Lipinski definition) is 4. The molecule has 0 atom stereocenters. The number of nitrogens with zero attached hydrogens (tertiary/aromatic N) is 1. The van der Waals surface area contributed by atoms with Gasteiger partial charge < -0.3 is 15.2 Å². The van der Waals surface area contributed by atoms with Crippen LogP contribution in [0.1, 0.15) is 35.3 Å². The molecule has 2 N–H and O–H groups in total. The largest absolute Gasteiger partial charge is 0.491 e. The third-order valence-electron chi connectivity index (χ3n) is 4.33. The SMILES string of the molecule is Cc1cc(Nc2c(C)cccc2C(=O)O)cnc1-c1cccc(OC(C)C)c1. The number of hydrogen-bond donors (Lipinski definition) is 2. The van der Waals surface area contributed by atoms with Crippen LogP contribution in [0.4, 0.5) is 11.4 Å².